The minimum atomic E-state index is -0.205. The summed E-state index contributed by atoms with van der Waals surface area (Å²) in [6.07, 6.45) is 0.463. The zero-order valence-corrected chi connectivity index (χ0v) is 19.6. The quantitative estimate of drug-likeness (QED) is 0.446. The second kappa shape index (κ2) is 9.25. The molecule has 3 aromatic rings. The summed E-state index contributed by atoms with van der Waals surface area (Å²) < 4.78 is 6.65. The molecule has 0 spiro atoms. The summed E-state index contributed by atoms with van der Waals surface area (Å²) in [5.41, 5.74) is 6.48. The van der Waals surface area contributed by atoms with Crippen LogP contribution in [0.15, 0.2) is 70.1 Å². The van der Waals surface area contributed by atoms with Crippen molar-refractivity contribution in [2.45, 2.75) is 39.4 Å². The van der Waals surface area contributed by atoms with Gasteiger partial charge in [0, 0.05) is 28.2 Å². The van der Waals surface area contributed by atoms with E-state index in [0.717, 1.165) is 26.9 Å². The highest BCUT2D eigenvalue weighted by Crippen LogP contribution is 2.39. The van der Waals surface area contributed by atoms with Crippen molar-refractivity contribution >= 4 is 21.6 Å². The van der Waals surface area contributed by atoms with Crippen LogP contribution in [0.1, 0.15) is 53.4 Å². The van der Waals surface area contributed by atoms with E-state index in [-0.39, 0.29) is 18.0 Å². The van der Waals surface area contributed by atoms with E-state index < -0.39 is 0 Å². The molecule has 31 heavy (non-hydrogen) atoms. The van der Waals surface area contributed by atoms with E-state index in [1.165, 1.54) is 11.1 Å². The summed E-state index contributed by atoms with van der Waals surface area (Å²) in [5.74, 6) is 0.702. The van der Waals surface area contributed by atoms with Gasteiger partial charge in [-0.05, 0) is 55.7 Å². The Bertz CT molecular complexity index is 1130. The van der Waals surface area contributed by atoms with Gasteiger partial charge in [0.15, 0.2) is 11.5 Å². The average molecular weight is 479 g/mol. The standard InChI is InChI=1S/C26H27BrN2O2/c1-4-31-24-10-6-9-21(25(24)30)23-15-22(18-7-5-8-19(27)14-18)28-26(29-23)20-12-11-16(2)13-17(20)3/h5-14,23,26,29-30H,4,15H2,1-3H3/t23-,26+/m1/s1. The first kappa shape index (κ1) is 21.6. The molecule has 0 fully saturated rings. The Balaban J connectivity index is 1.79. The second-order valence-electron chi connectivity index (χ2n) is 7.90. The van der Waals surface area contributed by atoms with Crippen LogP contribution < -0.4 is 10.1 Å². The van der Waals surface area contributed by atoms with Gasteiger partial charge in [-0.25, -0.2) is 0 Å². The maximum atomic E-state index is 10.9. The third-order valence-electron chi connectivity index (χ3n) is 5.62. The van der Waals surface area contributed by atoms with Gasteiger partial charge in [0.25, 0.3) is 0 Å². The lowest BCUT2D eigenvalue weighted by Gasteiger charge is -2.32. The molecule has 0 saturated heterocycles. The van der Waals surface area contributed by atoms with Crippen LogP contribution in [0.2, 0.25) is 0 Å². The van der Waals surface area contributed by atoms with Gasteiger partial charge in [-0.15, -0.1) is 0 Å². The van der Waals surface area contributed by atoms with Crippen molar-refractivity contribution in [1.29, 1.82) is 0 Å². The van der Waals surface area contributed by atoms with E-state index >= 15 is 0 Å². The number of nitrogens with zero attached hydrogens (tertiary/aromatic N) is 1. The number of para-hydroxylation sites is 1. The molecule has 5 heteroatoms. The Morgan fingerprint density at radius 3 is 2.61 bits per heavy atom. The lowest BCUT2D eigenvalue weighted by Crippen LogP contribution is -2.33. The molecule has 2 atom stereocenters. The van der Waals surface area contributed by atoms with E-state index in [0.29, 0.717) is 18.8 Å². The highest BCUT2D eigenvalue weighted by atomic mass is 79.9. The fourth-order valence-corrected chi connectivity index (χ4v) is 4.53. The summed E-state index contributed by atoms with van der Waals surface area (Å²) in [5, 5.41) is 14.6. The monoisotopic (exact) mass is 478 g/mol. The summed E-state index contributed by atoms with van der Waals surface area (Å²) in [4.78, 5) is 5.09. The minimum absolute atomic E-state index is 0.0995. The predicted octanol–water partition coefficient (Wildman–Crippen LogP) is 6.39. The van der Waals surface area contributed by atoms with Crippen LogP contribution in [-0.4, -0.2) is 17.4 Å². The number of ether oxygens (including phenoxy) is 1. The van der Waals surface area contributed by atoms with Crippen LogP contribution in [0.25, 0.3) is 0 Å². The molecule has 0 amide bonds. The number of benzene rings is 3. The number of phenolic OH excluding ortho intramolecular Hbond substituents is 1. The number of hydrogen-bond acceptors (Lipinski definition) is 4. The number of aliphatic imine (C=N–C) groups is 1. The Hall–Kier alpha value is -2.63. The Morgan fingerprint density at radius 2 is 1.87 bits per heavy atom. The number of hydrogen-bond donors (Lipinski definition) is 2. The molecule has 0 aliphatic carbocycles. The van der Waals surface area contributed by atoms with E-state index in [1.54, 1.807) is 6.07 Å². The summed E-state index contributed by atoms with van der Waals surface area (Å²) in [7, 11) is 0. The van der Waals surface area contributed by atoms with Gasteiger partial charge in [0.05, 0.1) is 6.61 Å². The summed E-state index contributed by atoms with van der Waals surface area (Å²) in [6, 6.07) is 20.3. The highest BCUT2D eigenvalue weighted by Gasteiger charge is 2.29. The third kappa shape index (κ3) is 4.68. The number of phenols is 1. The molecule has 0 unspecified atom stereocenters. The molecular weight excluding hydrogens is 452 g/mol. The zero-order chi connectivity index (χ0) is 22.0. The maximum absolute atomic E-state index is 10.9. The van der Waals surface area contributed by atoms with E-state index in [1.807, 2.05) is 31.2 Å². The van der Waals surface area contributed by atoms with Crippen molar-refractivity contribution in [3.63, 3.8) is 0 Å². The fraction of sp³-hybridized carbons (Fsp3) is 0.269. The molecule has 1 aliphatic heterocycles. The van der Waals surface area contributed by atoms with Crippen molar-refractivity contribution < 1.29 is 9.84 Å². The molecule has 0 saturated carbocycles. The molecule has 3 aromatic carbocycles. The number of rotatable bonds is 5. The van der Waals surface area contributed by atoms with Gasteiger partial charge in [-0.3, -0.25) is 10.3 Å². The third-order valence-corrected chi connectivity index (χ3v) is 6.12. The van der Waals surface area contributed by atoms with Crippen molar-refractivity contribution in [2.24, 2.45) is 4.99 Å². The maximum Gasteiger partial charge on any atom is 0.162 e. The number of aryl methyl sites for hydroxylation is 2. The van der Waals surface area contributed by atoms with Crippen molar-refractivity contribution in [2.75, 3.05) is 6.61 Å². The van der Waals surface area contributed by atoms with Gasteiger partial charge in [0.2, 0.25) is 0 Å². The molecule has 0 aromatic heterocycles. The molecule has 4 rings (SSSR count). The fourth-order valence-electron chi connectivity index (χ4n) is 4.13. The summed E-state index contributed by atoms with van der Waals surface area (Å²) >= 11 is 3.58. The first-order chi connectivity index (χ1) is 15.0. The van der Waals surface area contributed by atoms with Crippen molar-refractivity contribution in [3.05, 3.63) is 93.0 Å². The molecule has 4 nitrogen and oxygen atoms in total. The lowest BCUT2D eigenvalue weighted by atomic mass is 9.92. The lowest BCUT2D eigenvalue weighted by molar-refractivity contribution is 0.313. The summed E-state index contributed by atoms with van der Waals surface area (Å²) in [6.45, 7) is 6.64. The molecular formula is C26H27BrN2O2. The van der Waals surface area contributed by atoms with E-state index in [4.69, 9.17) is 9.73 Å². The van der Waals surface area contributed by atoms with Crippen LogP contribution in [0.3, 0.4) is 0 Å². The van der Waals surface area contributed by atoms with E-state index in [2.05, 4.69) is 65.4 Å². The van der Waals surface area contributed by atoms with Gasteiger partial charge in [0.1, 0.15) is 6.17 Å². The predicted molar refractivity (Wildman–Crippen MR) is 129 cm³/mol. The molecule has 0 radical (unpaired) electrons. The SMILES string of the molecule is CCOc1cccc([C@H]2CC(c3cccc(Br)c3)=N[C@H](c3ccc(C)cc3C)N2)c1O. The number of aromatic hydroxyl groups is 1. The molecule has 0 bridgehead atoms. The molecule has 160 valence electrons. The highest BCUT2D eigenvalue weighted by molar-refractivity contribution is 9.10. The zero-order valence-electron chi connectivity index (χ0n) is 18.0. The number of halogens is 1. The van der Waals surface area contributed by atoms with Crippen LogP contribution in [-0.2, 0) is 0 Å². The van der Waals surface area contributed by atoms with Gasteiger partial charge in [-0.2, -0.15) is 0 Å². The number of nitrogens with one attached hydrogen (secondary N) is 1. The van der Waals surface area contributed by atoms with Gasteiger partial charge >= 0.3 is 0 Å². The van der Waals surface area contributed by atoms with Gasteiger partial charge in [-0.1, -0.05) is 64.0 Å². The smallest absolute Gasteiger partial charge is 0.162 e. The Morgan fingerprint density at radius 1 is 1.06 bits per heavy atom. The Kier molecular flexibility index (Phi) is 6.44. The molecule has 2 N–H and O–H groups in total. The van der Waals surface area contributed by atoms with Crippen LogP contribution in [0.4, 0.5) is 0 Å². The van der Waals surface area contributed by atoms with Crippen LogP contribution in [0.5, 0.6) is 11.5 Å². The largest absolute Gasteiger partial charge is 0.504 e. The van der Waals surface area contributed by atoms with Crippen molar-refractivity contribution in [1.82, 2.24) is 5.32 Å². The normalized spacial score (nSPS) is 18.5. The van der Waals surface area contributed by atoms with Gasteiger partial charge < -0.3 is 9.84 Å². The molecule has 1 aliphatic rings. The van der Waals surface area contributed by atoms with Crippen LogP contribution >= 0.6 is 15.9 Å². The van der Waals surface area contributed by atoms with Crippen molar-refractivity contribution in [3.8, 4) is 11.5 Å². The first-order valence-corrected chi connectivity index (χ1v) is 11.4. The topological polar surface area (TPSA) is 53.8 Å². The Labute approximate surface area is 192 Å². The second-order valence-corrected chi connectivity index (χ2v) is 8.81. The first-order valence-electron chi connectivity index (χ1n) is 10.6. The van der Waals surface area contributed by atoms with Crippen LogP contribution in [0, 0.1) is 13.8 Å². The van der Waals surface area contributed by atoms with E-state index in [9.17, 15) is 5.11 Å². The average Bonchev–Trinajstić information content (AvgIpc) is 2.75. The molecule has 1 heterocycles. The minimum Gasteiger partial charge on any atom is -0.504 e.